The van der Waals surface area contributed by atoms with Crippen molar-refractivity contribution in [3.63, 3.8) is 0 Å². The van der Waals surface area contributed by atoms with Gasteiger partial charge in [-0.25, -0.2) is 9.67 Å². The highest BCUT2D eigenvalue weighted by Crippen LogP contribution is 2.28. The second kappa shape index (κ2) is 5.39. The third-order valence-corrected chi connectivity index (χ3v) is 3.97. The SMILES string of the molecule is CCC(C)(CNC1CC1)Cc1ncnn1C(C)C. The van der Waals surface area contributed by atoms with Gasteiger partial charge in [0.25, 0.3) is 0 Å². The predicted molar refractivity (Wildman–Crippen MR) is 73.5 cm³/mol. The van der Waals surface area contributed by atoms with Crippen molar-refractivity contribution in [1.82, 2.24) is 20.1 Å². The van der Waals surface area contributed by atoms with Crippen LogP contribution in [0.1, 0.15) is 58.8 Å². The van der Waals surface area contributed by atoms with Gasteiger partial charge < -0.3 is 5.32 Å². The quantitative estimate of drug-likeness (QED) is 0.809. The molecule has 0 saturated heterocycles. The molecule has 1 heterocycles. The van der Waals surface area contributed by atoms with Crippen molar-refractivity contribution in [3.8, 4) is 0 Å². The summed E-state index contributed by atoms with van der Waals surface area (Å²) < 4.78 is 2.05. The molecular weight excluding hydrogens is 224 g/mol. The average Bonchev–Trinajstić information content (AvgIpc) is 3.06. The van der Waals surface area contributed by atoms with E-state index in [2.05, 4.69) is 43.1 Å². The monoisotopic (exact) mass is 250 g/mol. The highest BCUT2D eigenvalue weighted by molar-refractivity contribution is 4.95. The van der Waals surface area contributed by atoms with Gasteiger partial charge in [0.15, 0.2) is 0 Å². The molecule has 0 aromatic carbocycles. The lowest BCUT2D eigenvalue weighted by atomic mass is 9.83. The van der Waals surface area contributed by atoms with E-state index in [1.54, 1.807) is 6.33 Å². The van der Waals surface area contributed by atoms with Gasteiger partial charge in [0.05, 0.1) is 0 Å². The molecule has 1 unspecified atom stereocenters. The zero-order chi connectivity index (χ0) is 13.2. The second-order valence-corrected chi connectivity index (χ2v) is 6.21. The second-order valence-electron chi connectivity index (χ2n) is 6.21. The third-order valence-electron chi connectivity index (χ3n) is 3.97. The molecule has 0 amide bonds. The van der Waals surface area contributed by atoms with Crippen LogP contribution in [-0.4, -0.2) is 27.4 Å². The summed E-state index contributed by atoms with van der Waals surface area (Å²) in [6.45, 7) is 10.0. The van der Waals surface area contributed by atoms with E-state index in [-0.39, 0.29) is 5.41 Å². The summed E-state index contributed by atoms with van der Waals surface area (Å²) in [7, 11) is 0. The van der Waals surface area contributed by atoms with E-state index in [0.717, 1.165) is 31.3 Å². The Morgan fingerprint density at radius 3 is 2.78 bits per heavy atom. The van der Waals surface area contributed by atoms with Crippen LogP contribution in [0.25, 0.3) is 0 Å². The van der Waals surface area contributed by atoms with E-state index in [1.165, 1.54) is 12.8 Å². The summed E-state index contributed by atoms with van der Waals surface area (Å²) in [6, 6.07) is 1.17. The Morgan fingerprint density at radius 2 is 2.22 bits per heavy atom. The van der Waals surface area contributed by atoms with Crippen LogP contribution in [0.2, 0.25) is 0 Å². The van der Waals surface area contributed by atoms with E-state index in [4.69, 9.17) is 0 Å². The van der Waals surface area contributed by atoms with Crippen LogP contribution in [0, 0.1) is 5.41 Å². The molecule has 0 aliphatic heterocycles. The standard InChI is InChI=1S/C14H26N4/c1-5-14(4,9-15-12-6-7-12)8-13-16-10-17-18(13)11(2)3/h10-12,15H,5-9H2,1-4H3. The van der Waals surface area contributed by atoms with Gasteiger partial charge in [0.1, 0.15) is 12.2 Å². The van der Waals surface area contributed by atoms with Gasteiger partial charge >= 0.3 is 0 Å². The lowest BCUT2D eigenvalue weighted by Crippen LogP contribution is -2.35. The summed E-state index contributed by atoms with van der Waals surface area (Å²) >= 11 is 0. The van der Waals surface area contributed by atoms with E-state index in [1.807, 2.05) is 4.68 Å². The minimum atomic E-state index is 0.280. The van der Waals surface area contributed by atoms with Crippen molar-refractivity contribution in [2.24, 2.45) is 5.41 Å². The van der Waals surface area contributed by atoms with Crippen LogP contribution in [0.15, 0.2) is 6.33 Å². The number of nitrogens with one attached hydrogen (secondary N) is 1. The van der Waals surface area contributed by atoms with Gasteiger partial charge in [-0.15, -0.1) is 0 Å². The van der Waals surface area contributed by atoms with Crippen molar-refractivity contribution < 1.29 is 0 Å². The Morgan fingerprint density at radius 1 is 1.50 bits per heavy atom. The molecule has 102 valence electrons. The Hall–Kier alpha value is -0.900. The van der Waals surface area contributed by atoms with Crippen molar-refractivity contribution >= 4 is 0 Å². The first-order valence-electron chi connectivity index (χ1n) is 7.16. The lowest BCUT2D eigenvalue weighted by molar-refractivity contribution is 0.276. The van der Waals surface area contributed by atoms with Crippen LogP contribution in [-0.2, 0) is 6.42 Å². The van der Waals surface area contributed by atoms with Crippen molar-refractivity contribution in [2.75, 3.05) is 6.54 Å². The molecule has 0 spiro atoms. The molecule has 4 nitrogen and oxygen atoms in total. The van der Waals surface area contributed by atoms with E-state index in [9.17, 15) is 0 Å². The predicted octanol–water partition coefficient (Wildman–Crippen LogP) is 2.57. The molecule has 1 aromatic rings. The van der Waals surface area contributed by atoms with Gasteiger partial charge in [-0.1, -0.05) is 13.8 Å². The Kier molecular flexibility index (Phi) is 4.05. The van der Waals surface area contributed by atoms with Crippen molar-refractivity contribution in [1.29, 1.82) is 0 Å². The first kappa shape index (κ1) is 13.5. The average molecular weight is 250 g/mol. The molecule has 0 radical (unpaired) electrons. The maximum atomic E-state index is 4.44. The molecule has 18 heavy (non-hydrogen) atoms. The van der Waals surface area contributed by atoms with Crippen LogP contribution >= 0.6 is 0 Å². The summed E-state index contributed by atoms with van der Waals surface area (Å²) in [4.78, 5) is 4.44. The number of aromatic nitrogens is 3. The van der Waals surface area contributed by atoms with Crippen LogP contribution < -0.4 is 5.32 Å². The van der Waals surface area contributed by atoms with Crippen LogP contribution in [0.4, 0.5) is 0 Å². The molecule has 1 fully saturated rings. The molecule has 1 saturated carbocycles. The molecule has 1 aliphatic rings. The van der Waals surface area contributed by atoms with E-state index in [0.29, 0.717) is 6.04 Å². The first-order chi connectivity index (χ1) is 8.54. The smallest absolute Gasteiger partial charge is 0.138 e. The molecule has 1 aliphatic carbocycles. The van der Waals surface area contributed by atoms with Gasteiger partial charge in [0.2, 0.25) is 0 Å². The highest BCUT2D eigenvalue weighted by atomic mass is 15.3. The maximum absolute atomic E-state index is 4.44. The minimum absolute atomic E-state index is 0.280. The van der Waals surface area contributed by atoms with Gasteiger partial charge in [-0.3, -0.25) is 0 Å². The Balaban J connectivity index is 2.00. The largest absolute Gasteiger partial charge is 0.313 e. The van der Waals surface area contributed by atoms with Gasteiger partial charge in [-0.05, 0) is 38.5 Å². The third kappa shape index (κ3) is 3.31. The fourth-order valence-corrected chi connectivity index (χ4v) is 2.20. The molecule has 1 N–H and O–H groups in total. The normalized spacial score (nSPS) is 19.2. The lowest BCUT2D eigenvalue weighted by Gasteiger charge is -2.28. The number of rotatable bonds is 7. The number of hydrogen-bond donors (Lipinski definition) is 1. The molecule has 0 bridgehead atoms. The van der Waals surface area contributed by atoms with E-state index < -0.39 is 0 Å². The zero-order valence-electron chi connectivity index (χ0n) is 12.1. The van der Waals surface area contributed by atoms with Crippen LogP contribution in [0.3, 0.4) is 0 Å². The molecule has 2 rings (SSSR count). The molecule has 4 heteroatoms. The summed E-state index contributed by atoms with van der Waals surface area (Å²) in [5, 5.41) is 7.98. The molecular formula is C14H26N4. The molecule has 1 aromatic heterocycles. The van der Waals surface area contributed by atoms with Gasteiger partial charge in [0, 0.05) is 25.0 Å². The fourth-order valence-electron chi connectivity index (χ4n) is 2.20. The van der Waals surface area contributed by atoms with Crippen molar-refractivity contribution in [3.05, 3.63) is 12.2 Å². The van der Waals surface area contributed by atoms with Crippen LogP contribution in [0.5, 0.6) is 0 Å². The highest BCUT2D eigenvalue weighted by Gasteiger charge is 2.29. The maximum Gasteiger partial charge on any atom is 0.138 e. The summed E-state index contributed by atoms with van der Waals surface area (Å²) in [5.41, 5.74) is 0.280. The molecule has 1 atom stereocenters. The van der Waals surface area contributed by atoms with E-state index >= 15 is 0 Å². The first-order valence-corrected chi connectivity index (χ1v) is 7.16. The minimum Gasteiger partial charge on any atom is -0.313 e. The van der Waals surface area contributed by atoms with Crippen molar-refractivity contribution in [2.45, 2.75) is 65.5 Å². The topological polar surface area (TPSA) is 42.7 Å². The number of nitrogens with zero attached hydrogens (tertiary/aromatic N) is 3. The van der Waals surface area contributed by atoms with Gasteiger partial charge in [-0.2, -0.15) is 5.10 Å². The summed E-state index contributed by atoms with van der Waals surface area (Å²) in [6.07, 6.45) is 6.54. The Labute approximate surface area is 110 Å². The fraction of sp³-hybridized carbons (Fsp3) is 0.857. The Bertz CT molecular complexity index is 381. The zero-order valence-corrected chi connectivity index (χ0v) is 12.1. The number of hydrogen-bond acceptors (Lipinski definition) is 3. The summed E-state index contributed by atoms with van der Waals surface area (Å²) in [5.74, 6) is 1.12.